The molecule has 0 unspecified atom stereocenters. The van der Waals surface area contributed by atoms with E-state index in [0.29, 0.717) is 29.5 Å². The van der Waals surface area contributed by atoms with E-state index in [1.807, 2.05) is 44.0 Å². The number of piperidine rings is 1. The van der Waals surface area contributed by atoms with E-state index in [-0.39, 0.29) is 18.0 Å². The molecule has 2 amide bonds. The Morgan fingerprint density at radius 1 is 0.857 bits per heavy atom. The van der Waals surface area contributed by atoms with Crippen molar-refractivity contribution in [3.05, 3.63) is 36.3 Å². The Kier molecular flexibility index (Phi) is 9.40. The van der Waals surface area contributed by atoms with E-state index in [9.17, 15) is 9.59 Å². The van der Waals surface area contributed by atoms with Crippen LogP contribution in [0, 0.1) is 0 Å². The lowest BCUT2D eigenvalue weighted by atomic mass is 9.98. The fourth-order valence-corrected chi connectivity index (χ4v) is 7.88. The van der Waals surface area contributed by atoms with Crippen LogP contribution in [0.25, 0.3) is 11.0 Å². The van der Waals surface area contributed by atoms with Crippen LogP contribution in [0.3, 0.4) is 0 Å². The Morgan fingerprint density at radius 3 is 2.18 bits per heavy atom. The number of carbonyl (C=O) groups is 2. The molecular formula is C36H52N10O3. The first kappa shape index (κ1) is 33.5. The van der Waals surface area contributed by atoms with Gasteiger partial charge in [0.2, 0.25) is 5.95 Å². The van der Waals surface area contributed by atoms with Crippen LogP contribution in [-0.4, -0.2) is 135 Å². The van der Waals surface area contributed by atoms with E-state index >= 15 is 0 Å². The molecule has 3 saturated heterocycles. The van der Waals surface area contributed by atoms with Gasteiger partial charge in [-0.2, -0.15) is 4.98 Å². The van der Waals surface area contributed by atoms with Gasteiger partial charge in [0.05, 0.1) is 11.9 Å². The zero-order chi connectivity index (χ0) is 34.3. The average molecular weight is 673 g/mol. The highest BCUT2D eigenvalue weighted by molar-refractivity contribution is 5.98. The molecule has 0 atom stereocenters. The summed E-state index contributed by atoms with van der Waals surface area (Å²) < 4.78 is 7.65. The number of amides is 2. The number of likely N-dealkylation sites (tertiary alicyclic amines) is 2. The summed E-state index contributed by atoms with van der Waals surface area (Å²) in [5.74, 6) is 1.16. The van der Waals surface area contributed by atoms with E-state index in [1.165, 1.54) is 25.7 Å². The van der Waals surface area contributed by atoms with Gasteiger partial charge in [0.1, 0.15) is 22.8 Å². The molecule has 0 spiro atoms. The normalized spacial score (nSPS) is 20.5. The van der Waals surface area contributed by atoms with Crippen molar-refractivity contribution in [3.63, 3.8) is 0 Å². The van der Waals surface area contributed by atoms with Crippen molar-refractivity contribution in [3.8, 4) is 0 Å². The topological polar surface area (TPSA) is 115 Å². The number of nitrogens with one attached hydrogen (secondary N) is 1. The fraction of sp³-hybridized carbons (Fsp3) is 0.639. The molecule has 1 saturated carbocycles. The third kappa shape index (κ3) is 7.33. The maximum atomic E-state index is 13.0. The number of hydrogen-bond donors (Lipinski definition) is 1. The van der Waals surface area contributed by atoms with Gasteiger partial charge in [-0.1, -0.05) is 12.8 Å². The highest BCUT2D eigenvalue weighted by Crippen LogP contribution is 2.35. The molecular weight excluding hydrogens is 620 g/mol. The first-order valence-corrected chi connectivity index (χ1v) is 18.1. The zero-order valence-electron chi connectivity index (χ0n) is 29.8. The lowest BCUT2D eigenvalue weighted by molar-refractivity contribution is -0.0247. The van der Waals surface area contributed by atoms with Crippen LogP contribution in [0.1, 0.15) is 75.8 Å². The monoisotopic (exact) mass is 672 g/mol. The van der Waals surface area contributed by atoms with Gasteiger partial charge in [0.25, 0.3) is 5.91 Å². The van der Waals surface area contributed by atoms with Crippen molar-refractivity contribution in [2.45, 2.75) is 83.0 Å². The standard InChI is InChI=1S/C36H52N10O3/c1-36(2,3)49-35(48)45-23-29(24-45)42-14-12-26(13-15-42)43-16-18-44(19-17-43)28-10-11-31(37-22-28)39-34-38-21-25-20-30(33(47)41(4)5)46(32(25)40-34)27-8-6-7-9-27/h10-11,20-22,26-27,29H,6-9,12-19,23-24H2,1-5H3,(H,37,38,39,40). The maximum absolute atomic E-state index is 13.0. The quantitative estimate of drug-likeness (QED) is 0.382. The van der Waals surface area contributed by atoms with Gasteiger partial charge in [0, 0.05) is 96.2 Å². The minimum Gasteiger partial charge on any atom is -0.444 e. The second-order valence-corrected chi connectivity index (χ2v) is 15.4. The molecule has 3 aromatic heterocycles. The lowest BCUT2D eigenvalue weighted by Gasteiger charge is -2.49. The average Bonchev–Trinajstić information content (AvgIpc) is 3.72. The Bertz CT molecular complexity index is 1620. The Balaban J connectivity index is 0.901. The van der Waals surface area contributed by atoms with Gasteiger partial charge in [-0.3, -0.25) is 14.6 Å². The predicted octanol–water partition coefficient (Wildman–Crippen LogP) is 4.59. The van der Waals surface area contributed by atoms with E-state index < -0.39 is 5.60 Å². The third-order valence-corrected chi connectivity index (χ3v) is 10.6. The number of piperazine rings is 1. The van der Waals surface area contributed by atoms with Crippen molar-refractivity contribution >= 4 is 40.5 Å². The summed E-state index contributed by atoms with van der Waals surface area (Å²) >= 11 is 0. The third-order valence-electron chi connectivity index (χ3n) is 10.6. The number of carbonyl (C=O) groups excluding carboxylic acids is 2. The molecule has 13 heteroatoms. The summed E-state index contributed by atoms with van der Waals surface area (Å²) in [5.41, 5.74) is 2.14. The summed E-state index contributed by atoms with van der Waals surface area (Å²) in [6.07, 6.45) is 10.3. The number of fused-ring (bicyclic) bond motifs is 1. The van der Waals surface area contributed by atoms with Crippen molar-refractivity contribution in [1.29, 1.82) is 0 Å². The summed E-state index contributed by atoms with van der Waals surface area (Å²) in [7, 11) is 3.58. The zero-order valence-corrected chi connectivity index (χ0v) is 29.8. The number of hydrogen-bond acceptors (Lipinski definition) is 10. The highest BCUT2D eigenvalue weighted by atomic mass is 16.6. The van der Waals surface area contributed by atoms with Crippen LogP contribution in [-0.2, 0) is 4.74 Å². The second kappa shape index (κ2) is 13.7. The number of rotatable bonds is 7. The van der Waals surface area contributed by atoms with E-state index in [2.05, 4.69) is 35.6 Å². The second-order valence-electron chi connectivity index (χ2n) is 15.4. The highest BCUT2D eigenvalue weighted by Gasteiger charge is 2.39. The molecule has 0 bridgehead atoms. The summed E-state index contributed by atoms with van der Waals surface area (Å²) in [6, 6.07) is 7.39. The summed E-state index contributed by atoms with van der Waals surface area (Å²) in [6.45, 7) is 13.5. The Morgan fingerprint density at radius 2 is 1.55 bits per heavy atom. The van der Waals surface area contributed by atoms with Crippen molar-refractivity contribution in [1.82, 2.24) is 39.1 Å². The molecule has 7 rings (SSSR count). The van der Waals surface area contributed by atoms with Gasteiger partial charge in [0.15, 0.2) is 0 Å². The van der Waals surface area contributed by atoms with Crippen LogP contribution in [0.2, 0.25) is 0 Å². The van der Waals surface area contributed by atoms with Crippen LogP contribution in [0.5, 0.6) is 0 Å². The molecule has 13 nitrogen and oxygen atoms in total. The molecule has 3 aromatic rings. The van der Waals surface area contributed by atoms with E-state index in [0.717, 1.165) is 81.9 Å². The number of pyridine rings is 1. The van der Waals surface area contributed by atoms with Gasteiger partial charge in [-0.05, 0) is 64.7 Å². The Hall–Kier alpha value is -3.97. The van der Waals surface area contributed by atoms with Crippen molar-refractivity contribution < 1.29 is 14.3 Å². The van der Waals surface area contributed by atoms with Crippen molar-refractivity contribution in [2.75, 3.05) is 76.7 Å². The number of ether oxygens (including phenoxy) is 1. The van der Waals surface area contributed by atoms with E-state index in [4.69, 9.17) is 14.7 Å². The smallest absolute Gasteiger partial charge is 0.410 e. The number of aromatic nitrogens is 4. The molecule has 4 aliphatic rings. The molecule has 4 fully saturated rings. The molecule has 0 radical (unpaired) electrons. The maximum Gasteiger partial charge on any atom is 0.410 e. The van der Waals surface area contributed by atoms with E-state index in [1.54, 1.807) is 25.2 Å². The molecule has 6 heterocycles. The van der Waals surface area contributed by atoms with Gasteiger partial charge in [-0.25, -0.2) is 14.8 Å². The van der Waals surface area contributed by atoms with Crippen LogP contribution in [0.4, 0.5) is 22.2 Å². The summed E-state index contributed by atoms with van der Waals surface area (Å²) in [5, 5.41) is 4.17. The largest absolute Gasteiger partial charge is 0.444 e. The summed E-state index contributed by atoms with van der Waals surface area (Å²) in [4.78, 5) is 50.6. The molecule has 0 aromatic carbocycles. The van der Waals surface area contributed by atoms with Gasteiger partial charge < -0.3 is 29.3 Å². The fourth-order valence-electron chi connectivity index (χ4n) is 7.88. The van der Waals surface area contributed by atoms with Crippen molar-refractivity contribution in [2.24, 2.45) is 0 Å². The molecule has 1 aliphatic carbocycles. The van der Waals surface area contributed by atoms with Crippen LogP contribution in [0.15, 0.2) is 30.6 Å². The van der Waals surface area contributed by atoms with Gasteiger partial charge in [-0.15, -0.1) is 0 Å². The number of anilines is 3. The minimum atomic E-state index is -0.447. The number of nitrogens with zero attached hydrogens (tertiary/aromatic N) is 9. The molecule has 1 N–H and O–H groups in total. The minimum absolute atomic E-state index is 0.0126. The van der Waals surface area contributed by atoms with Crippen LogP contribution < -0.4 is 10.2 Å². The lowest BCUT2D eigenvalue weighted by Crippen LogP contribution is -2.63. The first-order chi connectivity index (χ1) is 23.5. The predicted molar refractivity (Wildman–Crippen MR) is 191 cm³/mol. The SMILES string of the molecule is CN(C)C(=O)c1cc2cnc(Nc3ccc(N4CCN(C5CCN(C6CN(C(=O)OC(C)(C)C)C6)CC5)CC4)cn3)nc2n1C1CCCC1. The first-order valence-electron chi connectivity index (χ1n) is 18.1. The molecule has 49 heavy (non-hydrogen) atoms. The van der Waals surface area contributed by atoms with Crippen LogP contribution >= 0.6 is 0 Å². The molecule has 3 aliphatic heterocycles. The Labute approximate surface area is 289 Å². The van der Waals surface area contributed by atoms with Gasteiger partial charge >= 0.3 is 6.09 Å². The molecule has 264 valence electrons.